The summed E-state index contributed by atoms with van der Waals surface area (Å²) in [6.45, 7) is 9.44. The second-order valence-corrected chi connectivity index (χ2v) is 4.88. The lowest BCUT2D eigenvalue weighted by molar-refractivity contribution is 0.153. The minimum atomic E-state index is 0.716. The van der Waals surface area contributed by atoms with Crippen LogP contribution >= 0.6 is 0 Å². The third-order valence-corrected chi connectivity index (χ3v) is 3.59. The molecule has 1 heterocycles. The average Bonchev–Trinajstić information content (AvgIpc) is 2.30. The molecule has 2 unspecified atom stereocenters. The van der Waals surface area contributed by atoms with Gasteiger partial charge in [0.15, 0.2) is 0 Å². The first-order valence-corrected chi connectivity index (χ1v) is 6.67. The van der Waals surface area contributed by atoms with Crippen molar-refractivity contribution in [2.75, 3.05) is 26.2 Å². The summed E-state index contributed by atoms with van der Waals surface area (Å²) in [6.07, 6.45) is 9.82. The molecule has 0 spiro atoms. The van der Waals surface area contributed by atoms with E-state index in [-0.39, 0.29) is 0 Å². The summed E-state index contributed by atoms with van der Waals surface area (Å²) in [6, 6.07) is 0.716. The van der Waals surface area contributed by atoms with Crippen LogP contribution in [0.5, 0.6) is 0 Å². The number of rotatable bonds is 6. The van der Waals surface area contributed by atoms with Crippen molar-refractivity contribution >= 4 is 0 Å². The van der Waals surface area contributed by atoms with E-state index in [2.05, 4.69) is 30.0 Å². The monoisotopic (exact) mass is 222 g/mol. The third kappa shape index (κ3) is 4.55. The molecular formula is C14H26N2. The van der Waals surface area contributed by atoms with Crippen molar-refractivity contribution in [2.45, 2.75) is 45.6 Å². The molecule has 1 aliphatic heterocycles. The summed E-state index contributed by atoms with van der Waals surface area (Å²) < 4.78 is 0. The SMILES string of the molecule is C#CCCCCNC1CCN(CC)CC1C. The molecule has 0 bridgehead atoms. The highest BCUT2D eigenvalue weighted by Crippen LogP contribution is 2.16. The predicted octanol–water partition coefficient (Wildman–Crippen LogP) is 2.11. The van der Waals surface area contributed by atoms with E-state index in [4.69, 9.17) is 6.42 Å². The summed E-state index contributed by atoms with van der Waals surface area (Å²) >= 11 is 0. The molecule has 0 aromatic carbocycles. The Morgan fingerprint density at radius 2 is 2.25 bits per heavy atom. The number of likely N-dealkylation sites (tertiary alicyclic amines) is 1. The van der Waals surface area contributed by atoms with Gasteiger partial charge < -0.3 is 10.2 Å². The van der Waals surface area contributed by atoms with Gasteiger partial charge in [-0.1, -0.05) is 13.8 Å². The lowest BCUT2D eigenvalue weighted by Gasteiger charge is -2.36. The molecule has 1 saturated heterocycles. The number of nitrogens with zero attached hydrogens (tertiary/aromatic N) is 1. The summed E-state index contributed by atoms with van der Waals surface area (Å²) in [4.78, 5) is 2.54. The van der Waals surface area contributed by atoms with Gasteiger partial charge in [-0.15, -0.1) is 12.3 Å². The fourth-order valence-electron chi connectivity index (χ4n) is 2.46. The maximum atomic E-state index is 5.23. The van der Waals surface area contributed by atoms with Crippen molar-refractivity contribution < 1.29 is 0 Å². The largest absolute Gasteiger partial charge is 0.314 e. The van der Waals surface area contributed by atoms with Crippen LogP contribution in [-0.2, 0) is 0 Å². The van der Waals surface area contributed by atoms with Gasteiger partial charge in [-0.2, -0.15) is 0 Å². The molecule has 1 fully saturated rings. The van der Waals surface area contributed by atoms with E-state index in [1.54, 1.807) is 0 Å². The maximum absolute atomic E-state index is 5.23. The zero-order chi connectivity index (χ0) is 11.8. The molecule has 1 N–H and O–H groups in total. The van der Waals surface area contributed by atoms with E-state index in [1.165, 1.54) is 32.5 Å². The topological polar surface area (TPSA) is 15.3 Å². The molecule has 2 atom stereocenters. The van der Waals surface area contributed by atoms with Crippen LogP contribution in [0, 0.1) is 18.3 Å². The van der Waals surface area contributed by atoms with Gasteiger partial charge in [-0.25, -0.2) is 0 Å². The Bertz CT molecular complexity index is 219. The highest BCUT2D eigenvalue weighted by atomic mass is 15.1. The lowest BCUT2D eigenvalue weighted by atomic mass is 9.94. The molecule has 16 heavy (non-hydrogen) atoms. The Morgan fingerprint density at radius 1 is 1.44 bits per heavy atom. The third-order valence-electron chi connectivity index (χ3n) is 3.59. The van der Waals surface area contributed by atoms with E-state index >= 15 is 0 Å². The van der Waals surface area contributed by atoms with Gasteiger partial charge in [0.05, 0.1) is 0 Å². The fourth-order valence-corrected chi connectivity index (χ4v) is 2.46. The van der Waals surface area contributed by atoms with Crippen molar-refractivity contribution in [3.8, 4) is 12.3 Å². The van der Waals surface area contributed by atoms with Crippen LogP contribution < -0.4 is 5.32 Å². The van der Waals surface area contributed by atoms with Crippen molar-refractivity contribution in [2.24, 2.45) is 5.92 Å². The van der Waals surface area contributed by atoms with E-state index in [1.807, 2.05) is 0 Å². The highest BCUT2D eigenvalue weighted by Gasteiger charge is 2.24. The summed E-state index contributed by atoms with van der Waals surface area (Å²) in [5, 5.41) is 3.68. The zero-order valence-corrected chi connectivity index (χ0v) is 10.8. The van der Waals surface area contributed by atoms with Crippen molar-refractivity contribution in [3.05, 3.63) is 0 Å². The fraction of sp³-hybridized carbons (Fsp3) is 0.857. The molecule has 0 amide bonds. The molecule has 1 rings (SSSR count). The number of nitrogens with one attached hydrogen (secondary N) is 1. The lowest BCUT2D eigenvalue weighted by Crippen LogP contribution is -2.48. The first-order chi connectivity index (χ1) is 7.77. The van der Waals surface area contributed by atoms with Gasteiger partial charge in [0, 0.05) is 19.0 Å². The van der Waals surface area contributed by atoms with Crippen LogP contribution in [0.4, 0.5) is 0 Å². The highest BCUT2D eigenvalue weighted by molar-refractivity contribution is 4.84. The van der Waals surface area contributed by atoms with Gasteiger partial charge in [-0.3, -0.25) is 0 Å². The van der Waals surface area contributed by atoms with Gasteiger partial charge >= 0.3 is 0 Å². The number of hydrogen-bond acceptors (Lipinski definition) is 2. The molecule has 0 aromatic rings. The van der Waals surface area contributed by atoms with Gasteiger partial charge in [0.1, 0.15) is 0 Å². The van der Waals surface area contributed by atoms with Crippen LogP contribution in [0.25, 0.3) is 0 Å². The second kappa shape index (κ2) is 7.70. The Balaban J connectivity index is 2.11. The van der Waals surface area contributed by atoms with Crippen molar-refractivity contribution in [1.29, 1.82) is 0 Å². The van der Waals surface area contributed by atoms with E-state index in [0.29, 0.717) is 6.04 Å². The van der Waals surface area contributed by atoms with Crippen LogP contribution in [-0.4, -0.2) is 37.1 Å². The molecule has 0 saturated carbocycles. The molecule has 0 aromatic heterocycles. The maximum Gasteiger partial charge on any atom is 0.0117 e. The normalized spacial score (nSPS) is 26.6. The summed E-state index contributed by atoms with van der Waals surface area (Å²) in [5.41, 5.74) is 0. The van der Waals surface area contributed by atoms with Gasteiger partial charge in [0.2, 0.25) is 0 Å². The quantitative estimate of drug-likeness (QED) is 0.547. The Morgan fingerprint density at radius 3 is 2.88 bits per heavy atom. The number of unbranched alkanes of at least 4 members (excludes halogenated alkanes) is 2. The van der Waals surface area contributed by atoms with Gasteiger partial charge in [-0.05, 0) is 44.8 Å². The second-order valence-electron chi connectivity index (χ2n) is 4.88. The molecule has 92 valence electrons. The Kier molecular flexibility index (Phi) is 6.52. The molecule has 2 heteroatoms. The standard InChI is InChI=1S/C14H26N2/c1-4-6-7-8-10-15-14-9-11-16(5-2)12-13(14)3/h1,13-15H,5-12H2,2-3H3. The Hall–Kier alpha value is -0.520. The predicted molar refractivity (Wildman–Crippen MR) is 70.4 cm³/mol. The minimum Gasteiger partial charge on any atom is -0.314 e. The van der Waals surface area contributed by atoms with Crippen LogP contribution in [0.15, 0.2) is 0 Å². The number of terminal acetylenes is 1. The Labute approximate surface area is 101 Å². The van der Waals surface area contributed by atoms with Crippen molar-refractivity contribution in [1.82, 2.24) is 10.2 Å². The molecule has 0 aliphatic carbocycles. The first-order valence-electron chi connectivity index (χ1n) is 6.67. The zero-order valence-electron chi connectivity index (χ0n) is 10.8. The smallest absolute Gasteiger partial charge is 0.0117 e. The van der Waals surface area contributed by atoms with Crippen LogP contribution in [0.2, 0.25) is 0 Å². The molecule has 1 aliphatic rings. The summed E-state index contributed by atoms with van der Waals surface area (Å²) in [7, 11) is 0. The first kappa shape index (κ1) is 13.5. The van der Waals surface area contributed by atoms with E-state index in [9.17, 15) is 0 Å². The molecular weight excluding hydrogens is 196 g/mol. The minimum absolute atomic E-state index is 0.716. The summed E-state index contributed by atoms with van der Waals surface area (Å²) in [5.74, 6) is 3.47. The molecule has 0 radical (unpaired) electrons. The van der Waals surface area contributed by atoms with Gasteiger partial charge in [0.25, 0.3) is 0 Å². The molecule has 2 nitrogen and oxygen atoms in total. The van der Waals surface area contributed by atoms with Crippen molar-refractivity contribution in [3.63, 3.8) is 0 Å². The number of piperidine rings is 1. The van der Waals surface area contributed by atoms with Crippen LogP contribution in [0.3, 0.4) is 0 Å². The van der Waals surface area contributed by atoms with E-state index < -0.39 is 0 Å². The van der Waals surface area contributed by atoms with Crippen LogP contribution in [0.1, 0.15) is 39.5 Å². The number of hydrogen-bond donors (Lipinski definition) is 1. The average molecular weight is 222 g/mol. The van der Waals surface area contributed by atoms with E-state index in [0.717, 1.165) is 25.3 Å².